The predicted molar refractivity (Wildman–Crippen MR) is 125 cm³/mol. The molecule has 31 heavy (non-hydrogen) atoms. The zero-order valence-corrected chi connectivity index (χ0v) is 18.7. The van der Waals surface area contributed by atoms with E-state index in [1.54, 1.807) is 4.90 Å². The number of rotatable bonds is 6. The van der Waals surface area contributed by atoms with E-state index in [9.17, 15) is 9.59 Å². The fraction of sp³-hybridized carbons (Fsp3) is 0.375. The molecule has 2 heterocycles. The number of hydrogen-bond acceptors (Lipinski definition) is 5. The molecule has 6 nitrogen and oxygen atoms in total. The number of carbonyl (C=O) groups excluding carboxylic acids is 2. The van der Waals surface area contributed by atoms with Gasteiger partial charge < -0.3 is 10.1 Å². The maximum absolute atomic E-state index is 13.2. The van der Waals surface area contributed by atoms with Crippen molar-refractivity contribution in [3.8, 4) is 0 Å². The van der Waals surface area contributed by atoms with E-state index in [0.29, 0.717) is 11.7 Å². The number of amidine groups is 1. The third kappa shape index (κ3) is 5.17. The van der Waals surface area contributed by atoms with Crippen LogP contribution in [0, 0.1) is 13.8 Å². The van der Waals surface area contributed by atoms with Crippen molar-refractivity contribution in [2.45, 2.75) is 44.5 Å². The molecule has 2 aromatic rings. The van der Waals surface area contributed by atoms with E-state index in [2.05, 4.69) is 5.32 Å². The van der Waals surface area contributed by atoms with Gasteiger partial charge in [-0.3, -0.25) is 14.5 Å². The van der Waals surface area contributed by atoms with Crippen molar-refractivity contribution in [2.24, 2.45) is 4.99 Å². The molecule has 0 aromatic heterocycles. The molecule has 7 heteroatoms. The van der Waals surface area contributed by atoms with Gasteiger partial charge in [0.25, 0.3) is 0 Å². The van der Waals surface area contributed by atoms with Gasteiger partial charge in [0.1, 0.15) is 5.25 Å². The molecule has 2 atom stereocenters. The van der Waals surface area contributed by atoms with Crippen LogP contribution in [-0.2, 0) is 14.3 Å². The molecule has 0 spiro atoms. The topological polar surface area (TPSA) is 71.0 Å². The van der Waals surface area contributed by atoms with Gasteiger partial charge in [0, 0.05) is 18.7 Å². The van der Waals surface area contributed by atoms with Crippen LogP contribution in [0.1, 0.15) is 30.4 Å². The highest BCUT2D eigenvalue weighted by atomic mass is 32.2. The van der Waals surface area contributed by atoms with Crippen LogP contribution in [0.2, 0.25) is 0 Å². The molecule has 4 rings (SSSR count). The zero-order chi connectivity index (χ0) is 21.8. The molecule has 0 radical (unpaired) electrons. The lowest BCUT2D eigenvalue weighted by molar-refractivity contribution is -0.129. The number of benzene rings is 2. The third-order valence-corrected chi connectivity index (χ3v) is 6.70. The Kier molecular flexibility index (Phi) is 6.73. The molecule has 0 aliphatic carbocycles. The Hall–Kier alpha value is -2.64. The van der Waals surface area contributed by atoms with Gasteiger partial charge >= 0.3 is 0 Å². The zero-order valence-electron chi connectivity index (χ0n) is 17.8. The first-order chi connectivity index (χ1) is 15.0. The van der Waals surface area contributed by atoms with Gasteiger partial charge in [-0.2, -0.15) is 0 Å². The van der Waals surface area contributed by atoms with Crippen LogP contribution < -0.4 is 5.32 Å². The summed E-state index contributed by atoms with van der Waals surface area (Å²) in [5.74, 6) is -0.242. The number of hydrogen-bond donors (Lipinski definition) is 1. The minimum Gasteiger partial charge on any atom is -0.376 e. The minimum absolute atomic E-state index is 0.0210. The van der Waals surface area contributed by atoms with Crippen molar-refractivity contribution in [1.29, 1.82) is 0 Å². The van der Waals surface area contributed by atoms with E-state index in [0.717, 1.165) is 42.0 Å². The van der Waals surface area contributed by atoms with Crippen LogP contribution in [-0.4, -0.2) is 46.4 Å². The Labute approximate surface area is 187 Å². The van der Waals surface area contributed by atoms with Crippen molar-refractivity contribution in [2.75, 3.05) is 18.5 Å². The number of amides is 2. The summed E-state index contributed by atoms with van der Waals surface area (Å²) >= 11 is 1.36. The number of para-hydroxylation sites is 2. The molecule has 2 saturated heterocycles. The fourth-order valence-electron chi connectivity index (χ4n) is 3.87. The summed E-state index contributed by atoms with van der Waals surface area (Å²) < 4.78 is 5.75. The fourth-order valence-corrected chi connectivity index (χ4v) is 5.04. The number of thioether (sulfide) groups is 1. The second kappa shape index (κ2) is 9.66. The average Bonchev–Trinajstić information content (AvgIpc) is 3.36. The van der Waals surface area contributed by atoms with E-state index >= 15 is 0 Å². The number of anilines is 1. The summed E-state index contributed by atoms with van der Waals surface area (Å²) in [6, 6.07) is 15.5. The van der Waals surface area contributed by atoms with Crippen molar-refractivity contribution in [3.05, 3.63) is 59.7 Å². The lowest BCUT2D eigenvalue weighted by atomic mass is 10.1. The minimum atomic E-state index is -0.492. The van der Waals surface area contributed by atoms with Gasteiger partial charge in [0.15, 0.2) is 5.17 Å². The molecule has 2 aromatic carbocycles. The van der Waals surface area contributed by atoms with Gasteiger partial charge in [-0.25, -0.2) is 4.99 Å². The molecule has 2 fully saturated rings. The smallest absolute Gasteiger partial charge is 0.242 e. The van der Waals surface area contributed by atoms with E-state index in [1.807, 2.05) is 62.4 Å². The van der Waals surface area contributed by atoms with Gasteiger partial charge in [0.05, 0.1) is 18.3 Å². The van der Waals surface area contributed by atoms with Gasteiger partial charge in [-0.1, -0.05) is 48.2 Å². The maximum atomic E-state index is 13.2. The summed E-state index contributed by atoms with van der Waals surface area (Å²) in [5.41, 5.74) is 3.61. The quantitative estimate of drug-likeness (QED) is 0.725. The molecule has 0 saturated carbocycles. The Morgan fingerprint density at radius 2 is 1.90 bits per heavy atom. The summed E-state index contributed by atoms with van der Waals surface area (Å²) in [4.78, 5) is 32.4. The van der Waals surface area contributed by atoms with Crippen LogP contribution in [0.5, 0.6) is 0 Å². The summed E-state index contributed by atoms with van der Waals surface area (Å²) in [7, 11) is 0. The predicted octanol–water partition coefficient (Wildman–Crippen LogP) is 4.44. The third-order valence-electron chi connectivity index (χ3n) is 5.53. The van der Waals surface area contributed by atoms with Crippen molar-refractivity contribution < 1.29 is 14.3 Å². The SMILES string of the molecule is Cc1cccc(C)c1NC(=O)C[C@H]1SC(=Nc2ccccc2)N(C[C@H]2CCCO2)C1=O. The molecular weight excluding hydrogens is 410 g/mol. The highest BCUT2D eigenvalue weighted by Gasteiger charge is 2.40. The molecule has 1 N–H and O–H groups in total. The maximum Gasteiger partial charge on any atom is 0.242 e. The summed E-state index contributed by atoms with van der Waals surface area (Å²) in [5, 5.41) is 3.13. The second-order valence-electron chi connectivity index (χ2n) is 7.94. The van der Waals surface area contributed by atoms with E-state index < -0.39 is 5.25 Å². The van der Waals surface area contributed by atoms with Crippen LogP contribution in [0.15, 0.2) is 53.5 Å². The Morgan fingerprint density at radius 1 is 1.16 bits per heavy atom. The molecular formula is C24H27N3O3S. The Bertz CT molecular complexity index is 967. The molecule has 162 valence electrons. The lowest BCUT2D eigenvalue weighted by Crippen LogP contribution is -2.38. The van der Waals surface area contributed by atoms with Gasteiger partial charge in [-0.15, -0.1) is 0 Å². The second-order valence-corrected chi connectivity index (χ2v) is 9.11. The summed E-state index contributed by atoms with van der Waals surface area (Å²) in [6.45, 7) is 5.14. The highest BCUT2D eigenvalue weighted by molar-refractivity contribution is 8.15. The number of aliphatic imine (C=N–C) groups is 1. The Balaban J connectivity index is 1.50. The number of nitrogens with one attached hydrogen (secondary N) is 1. The van der Waals surface area contributed by atoms with Gasteiger partial charge in [-0.05, 0) is 49.9 Å². The van der Waals surface area contributed by atoms with Crippen LogP contribution in [0.25, 0.3) is 0 Å². The first kappa shape index (κ1) is 21.6. The standard InChI is InChI=1S/C24H27N3O3S/c1-16-8-6-9-17(2)22(16)26-21(28)14-20-23(29)27(15-19-12-7-13-30-19)24(31-20)25-18-10-4-3-5-11-18/h3-6,8-11,19-20H,7,12-15H2,1-2H3,(H,26,28)/t19-,20-/m1/s1. The lowest BCUT2D eigenvalue weighted by Gasteiger charge is -2.20. The Morgan fingerprint density at radius 3 is 2.58 bits per heavy atom. The molecule has 0 unspecified atom stereocenters. The van der Waals surface area contributed by atoms with E-state index in [4.69, 9.17) is 9.73 Å². The monoisotopic (exact) mass is 437 g/mol. The average molecular weight is 438 g/mol. The first-order valence-corrected chi connectivity index (χ1v) is 11.5. The van der Waals surface area contributed by atoms with E-state index in [-0.39, 0.29) is 24.3 Å². The van der Waals surface area contributed by atoms with Gasteiger partial charge in [0.2, 0.25) is 11.8 Å². The number of ether oxygens (including phenoxy) is 1. The molecule has 0 bridgehead atoms. The van der Waals surface area contributed by atoms with Crippen molar-refractivity contribution in [3.63, 3.8) is 0 Å². The molecule has 2 aliphatic heterocycles. The molecule has 2 aliphatic rings. The first-order valence-electron chi connectivity index (χ1n) is 10.6. The van der Waals surface area contributed by atoms with Crippen molar-refractivity contribution in [1.82, 2.24) is 4.90 Å². The highest BCUT2D eigenvalue weighted by Crippen LogP contribution is 2.33. The normalized spacial score (nSPS) is 22.3. The number of aryl methyl sites for hydroxylation is 2. The number of carbonyl (C=O) groups is 2. The van der Waals surface area contributed by atoms with E-state index in [1.165, 1.54) is 11.8 Å². The van der Waals surface area contributed by atoms with Crippen LogP contribution >= 0.6 is 11.8 Å². The largest absolute Gasteiger partial charge is 0.376 e. The summed E-state index contributed by atoms with van der Waals surface area (Å²) in [6.07, 6.45) is 2.07. The molecule has 2 amide bonds. The van der Waals surface area contributed by atoms with Crippen LogP contribution in [0.3, 0.4) is 0 Å². The van der Waals surface area contributed by atoms with Crippen molar-refractivity contribution >= 4 is 40.1 Å². The number of nitrogens with zero attached hydrogens (tertiary/aromatic N) is 2. The van der Waals surface area contributed by atoms with Crippen LogP contribution in [0.4, 0.5) is 11.4 Å².